The molecule has 0 saturated carbocycles. The molecule has 1 unspecified atom stereocenters. The van der Waals surface area contributed by atoms with E-state index in [9.17, 15) is 4.39 Å². The van der Waals surface area contributed by atoms with Gasteiger partial charge in [-0.3, -0.25) is 4.98 Å². The van der Waals surface area contributed by atoms with Gasteiger partial charge < -0.3 is 5.73 Å². The summed E-state index contributed by atoms with van der Waals surface area (Å²) in [5.41, 5.74) is 7.24. The van der Waals surface area contributed by atoms with E-state index in [0.29, 0.717) is 10.0 Å². The number of nitrogens with zero attached hydrogens (tertiary/aromatic N) is 1. The average Bonchev–Trinajstić information content (AvgIpc) is 2.32. The van der Waals surface area contributed by atoms with Crippen LogP contribution in [0.3, 0.4) is 0 Å². The molecule has 5 heteroatoms. The predicted molar refractivity (Wildman–Crippen MR) is 72.1 cm³/mol. The lowest BCUT2D eigenvalue weighted by atomic mass is 10.0. The largest absolute Gasteiger partial charge is 0.320 e. The summed E-state index contributed by atoms with van der Waals surface area (Å²) in [6.07, 6.45) is 3.29. The van der Waals surface area contributed by atoms with Crippen molar-refractivity contribution < 1.29 is 4.39 Å². The zero-order chi connectivity index (χ0) is 12.4. The molecule has 0 fully saturated rings. The van der Waals surface area contributed by atoms with Crippen LogP contribution < -0.4 is 5.73 Å². The highest BCUT2D eigenvalue weighted by atomic mass is 79.9. The van der Waals surface area contributed by atoms with E-state index in [0.717, 1.165) is 10.0 Å². The van der Waals surface area contributed by atoms with Crippen LogP contribution in [0.5, 0.6) is 0 Å². The van der Waals surface area contributed by atoms with Crippen LogP contribution in [0, 0.1) is 5.82 Å². The lowest BCUT2D eigenvalue weighted by molar-refractivity contribution is 0.593. The molecule has 0 saturated heterocycles. The van der Waals surface area contributed by atoms with E-state index in [1.54, 1.807) is 30.6 Å². The Labute approximate surface area is 115 Å². The highest BCUT2D eigenvalue weighted by Gasteiger charge is 2.15. The molecule has 0 aliphatic carbocycles. The van der Waals surface area contributed by atoms with Crippen molar-refractivity contribution in [3.63, 3.8) is 0 Å². The first-order chi connectivity index (χ1) is 8.09. The molecule has 88 valence electrons. The van der Waals surface area contributed by atoms with Gasteiger partial charge in [-0.15, -0.1) is 0 Å². The summed E-state index contributed by atoms with van der Waals surface area (Å²) in [6.45, 7) is 0. The Morgan fingerprint density at radius 1 is 1.24 bits per heavy atom. The highest BCUT2D eigenvalue weighted by Crippen LogP contribution is 2.27. The molecule has 0 amide bonds. The third kappa shape index (κ3) is 2.73. The number of benzene rings is 1. The zero-order valence-electron chi connectivity index (χ0n) is 8.70. The first kappa shape index (κ1) is 12.7. The average molecular weight is 360 g/mol. The van der Waals surface area contributed by atoms with Crippen LogP contribution in [0.15, 0.2) is 45.6 Å². The molecule has 0 radical (unpaired) electrons. The maximum Gasteiger partial charge on any atom is 0.142 e. The molecule has 1 atom stereocenters. The molecule has 0 spiro atoms. The Morgan fingerprint density at radius 3 is 2.71 bits per heavy atom. The van der Waals surface area contributed by atoms with Crippen LogP contribution in [-0.2, 0) is 0 Å². The standard InChI is InChI=1S/C12H9Br2FN2/c13-8-4-7(5-17-6-8)12(16)9-2-1-3-10(14)11(9)15/h1-6,12H,16H2. The van der Waals surface area contributed by atoms with Gasteiger partial charge in [0.2, 0.25) is 0 Å². The molecule has 17 heavy (non-hydrogen) atoms. The van der Waals surface area contributed by atoms with E-state index >= 15 is 0 Å². The van der Waals surface area contributed by atoms with Crippen LogP contribution in [0.4, 0.5) is 4.39 Å². The second-order valence-electron chi connectivity index (χ2n) is 3.56. The molecule has 2 nitrogen and oxygen atoms in total. The normalized spacial score (nSPS) is 12.5. The van der Waals surface area contributed by atoms with Gasteiger partial charge in [-0.25, -0.2) is 4.39 Å². The summed E-state index contributed by atoms with van der Waals surface area (Å²) in [5.74, 6) is -0.333. The number of hydrogen-bond acceptors (Lipinski definition) is 2. The first-order valence-electron chi connectivity index (χ1n) is 4.89. The van der Waals surface area contributed by atoms with Gasteiger partial charge in [0.25, 0.3) is 0 Å². The van der Waals surface area contributed by atoms with Crippen molar-refractivity contribution in [3.05, 3.63) is 62.5 Å². The van der Waals surface area contributed by atoms with Crippen LogP contribution >= 0.6 is 31.9 Å². The van der Waals surface area contributed by atoms with Crippen molar-refractivity contribution in [2.24, 2.45) is 5.73 Å². The van der Waals surface area contributed by atoms with Gasteiger partial charge in [-0.1, -0.05) is 12.1 Å². The molecule has 1 aromatic heterocycles. The monoisotopic (exact) mass is 358 g/mol. The van der Waals surface area contributed by atoms with Crippen molar-refractivity contribution in [1.82, 2.24) is 4.98 Å². The summed E-state index contributed by atoms with van der Waals surface area (Å²) < 4.78 is 15.1. The molecule has 0 bridgehead atoms. The van der Waals surface area contributed by atoms with Crippen LogP contribution in [0.25, 0.3) is 0 Å². The molecular formula is C12H9Br2FN2. The van der Waals surface area contributed by atoms with Crippen molar-refractivity contribution in [2.45, 2.75) is 6.04 Å². The summed E-state index contributed by atoms with van der Waals surface area (Å²) in [7, 11) is 0. The van der Waals surface area contributed by atoms with Crippen molar-refractivity contribution in [3.8, 4) is 0 Å². The summed E-state index contributed by atoms with van der Waals surface area (Å²) >= 11 is 6.46. The Morgan fingerprint density at radius 2 is 2.00 bits per heavy atom. The number of pyridine rings is 1. The number of aromatic nitrogens is 1. The van der Waals surface area contributed by atoms with Gasteiger partial charge in [0.1, 0.15) is 5.82 Å². The Hall–Kier alpha value is -0.780. The number of hydrogen-bond donors (Lipinski definition) is 1. The molecule has 1 aromatic carbocycles. The maximum absolute atomic E-state index is 13.9. The Kier molecular flexibility index (Phi) is 3.91. The Balaban J connectivity index is 2.44. The zero-order valence-corrected chi connectivity index (χ0v) is 11.9. The first-order valence-corrected chi connectivity index (χ1v) is 6.48. The van der Waals surface area contributed by atoms with E-state index in [2.05, 4.69) is 36.8 Å². The summed E-state index contributed by atoms with van der Waals surface area (Å²) in [6, 6.07) is 6.37. The van der Waals surface area contributed by atoms with E-state index < -0.39 is 6.04 Å². The van der Waals surface area contributed by atoms with Gasteiger partial charge in [0, 0.05) is 22.4 Å². The van der Waals surface area contributed by atoms with Crippen LogP contribution in [-0.4, -0.2) is 4.98 Å². The molecule has 1 heterocycles. The molecule has 2 aromatic rings. The maximum atomic E-state index is 13.9. The Bertz CT molecular complexity index is 546. The summed E-state index contributed by atoms with van der Waals surface area (Å²) in [5, 5.41) is 0. The molecular weight excluding hydrogens is 351 g/mol. The van der Waals surface area contributed by atoms with E-state index in [1.165, 1.54) is 0 Å². The third-order valence-corrected chi connectivity index (χ3v) is 3.45. The lowest BCUT2D eigenvalue weighted by Crippen LogP contribution is -2.14. The second kappa shape index (κ2) is 5.25. The van der Waals surface area contributed by atoms with Crippen LogP contribution in [0.1, 0.15) is 17.2 Å². The van der Waals surface area contributed by atoms with Crippen molar-refractivity contribution in [2.75, 3.05) is 0 Å². The quantitative estimate of drug-likeness (QED) is 0.885. The third-order valence-electron chi connectivity index (χ3n) is 2.40. The van der Waals surface area contributed by atoms with E-state index in [-0.39, 0.29) is 5.82 Å². The predicted octanol–water partition coefficient (Wildman–Crippen LogP) is 3.79. The SMILES string of the molecule is NC(c1cncc(Br)c1)c1cccc(Br)c1F. The molecule has 0 aliphatic heterocycles. The lowest BCUT2D eigenvalue weighted by Gasteiger charge is -2.14. The number of rotatable bonds is 2. The smallest absolute Gasteiger partial charge is 0.142 e. The minimum absolute atomic E-state index is 0.333. The fourth-order valence-electron chi connectivity index (χ4n) is 1.54. The fraction of sp³-hybridized carbons (Fsp3) is 0.0833. The van der Waals surface area contributed by atoms with Gasteiger partial charge in [0.15, 0.2) is 0 Å². The minimum Gasteiger partial charge on any atom is -0.320 e. The topological polar surface area (TPSA) is 38.9 Å². The van der Waals surface area contributed by atoms with Gasteiger partial charge in [-0.2, -0.15) is 0 Å². The molecule has 2 rings (SSSR count). The molecule has 2 N–H and O–H groups in total. The van der Waals surface area contributed by atoms with E-state index in [4.69, 9.17) is 5.73 Å². The van der Waals surface area contributed by atoms with Gasteiger partial charge in [-0.05, 0) is 49.6 Å². The van der Waals surface area contributed by atoms with E-state index in [1.807, 2.05) is 6.07 Å². The number of nitrogens with two attached hydrogens (primary N) is 1. The second-order valence-corrected chi connectivity index (χ2v) is 5.33. The summed E-state index contributed by atoms with van der Waals surface area (Å²) in [4.78, 5) is 4.02. The van der Waals surface area contributed by atoms with Crippen molar-refractivity contribution >= 4 is 31.9 Å². The molecule has 0 aliphatic rings. The fourth-order valence-corrected chi connectivity index (χ4v) is 2.30. The van der Waals surface area contributed by atoms with Crippen LogP contribution in [0.2, 0.25) is 0 Å². The minimum atomic E-state index is -0.530. The highest BCUT2D eigenvalue weighted by molar-refractivity contribution is 9.10. The number of halogens is 3. The van der Waals surface area contributed by atoms with Gasteiger partial charge in [0.05, 0.1) is 10.5 Å². The van der Waals surface area contributed by atoms with Gasteiger partial charge >= 0.3 is 0 Å². The van der Waals surface area contributed by atoms with Crippen molar-refractivity contribution in [1.29, 1.82) is 0 Å².